The summed E-state index contributed by atoms with van der Waals surface area (Å²) in [5, 5.41) is 9.40. The Kier molecular flexibility index (Phi) is 5.67. The highest BCUT2D eigenvalue weighted by molar-refractivity contribution is 6.01. The Bertz CT molecular complexity index is 578. The summed E-state index contributed by atoms with van der Waals surface area (Å²) in [5.41, 5.74) is 1.98. The standard InChI is InChI=1S/C18H20O3/c1-2-12-21-18(14-8-4-3-5-9-14)17(20)16-11-7-6-10-15(16)13-19/h3-11,18-19H,2,12-13H2,1H3. The van der Waals surface area contributed by atoms with Gasteiger partial charge in [0, 0.05) is 12.2 Å². The van der Waals surface area contributed by atoms with Gasteiger partial charge < -0.3 is 9.84 Å². The highest BCUT2D eigenvalue weighted by Crippen LogP contribution is 2.24. The Labute approximate surface area is 125 Å². The molecule has 0 saturated carbocycles. The van der Waals surface area contributed by atoms with Crippen molar-refractivity contribution in [2.45, 2.75) is 26.1 Å². The topological polar surface area (TPSA) is 46.5 Å². The molecule has 0 fully saturated rings. The van der Waals surface area contributed by atoms with Crippen molar-refractivity contribution in [2.75, 3.05) is 6.61 Å². The van der Waals surface area contributed by atoms with Crippen molar-refractivity contribution in [3.05, 3.63) is 71.3 Å². The zero-order valence-corrected chi connectivity index (χ0v) is 12.2. The van der Waals surface area contributed by atoms with Crippen LogP contribution in [0.1, 0.15) is 40.9 Å². The predicted molar refractivity (Wildman–Crippen MR) is 82.1 cm³/mol. The van der Waals surface area contributed by atoms with Gasteiger partial charge in [0.1, 0.15) is 6.10 Å². The van der Waals surface area contributed by atoms with E-state index >= 15 is 0 Å². The number of aliphatic hydroxyl groups excluding tert-OH is 1. The largest absolute Gasteiger partial charge is 0.392 e. The van der Waals surface area contributed by atoms with Gasteiger partial charge in [-0.1, -0.05) is 61.5 Å². The van der Waals surface area contributed by atoms with Crippen LogP contribution in [0.4, 0.5) is 0 Å². The first-order valence-corrected chi connectivity index (χ1v) is 7.17. The number of Topliss-reactive ketones (excluding diaryl/α,β-unsaturated/α-hetero) is 1. The molecule has 3 heteroatoms. The summed E-state index contributed by atoms with van der Waals surface area (Å²) in [4.78, 5) is 12.8. The zero-order chi connectivity index (χ0) is 15.1. The molecule has 2 aromatic rings. The Morgan fingerprint density at radius 3 is 2.43 bits per heavy atom. The van der Waals surface area contributed by atoms with Crippen molar-refractivity contribution >= 4 is 5.78 Å². The molecule has 21 heavy (non-hydrogen) atoms. The molecule has 0 aliphatic rings. The minimum atomic E-state index is -0.626. The molecule has 0 amide bonds. The summed E-state index contributed by atoms with van der Waals surface area (Å²) in [6, 6.07) is 16.6. The Hall–Kier alpha value is -1.97. The van der Waals surface area contributed by atoms with Crippen molar-refractivity contribution < 1.29 is 14.6 Å². The lowest BCUT2D eigenvalue weighted by molar-refractivity contribution is 0.0405. The molecule has 0 aliphatic carbocycles. The summed E-state index contributed by atoms with van der Waals surface area (Å²) >= 11 is 0. The first kappa shape index (κ1) is 15.4. The molecule has 1 unspecified atom stereocenters. The Morgan fingerprint density at radius 1 is 1.10 bits per heavy atom. The monoisotopic (exact) mass is 284 g/mol. The van der Waals surface area contributed by atoms with Crippen LogP contribution in [0, 0.1) is 0 Å². The van der Waals surface area contributed by atoms with E-state index in [1.807, 2.05) is 43.3 Å². The molecule has 0 heterocycles. The molecule has 2 rings (SSSR count). The van der Waals surface area contributed by atoms with Gasteiger partial charge in [0.05, 0.1) is 6.61 Å². The smallest absolute Gasteiger partial charge is 0.196 e. The third-order valence-electron chi connectivity index (χ3n) is 3.28. The number of aliphatic hydroxyl groups is 1. The van der Waals surface area contributed by atoms with Gasteiger partial charge in [0.2, 0.25) is 0 Å². The number of ketones is 1. The average Bonchev–Trinajstić information content (AvgIpc) is 2.56. The van der Waals surface area contributed by atoms with Crippen LogP contribution in [0.25, 0.3) is 0 Å². The number of rotatable bonds is 7. The SMILES string of the molecule is CCCOC(C(=O)c1ccccc1CO)c1ccccc1. The fraction of sp³-hybridized carbons (Fsp3) is 0.278. The second kappa shape index (κ2) is 7.72. The van der Waals surface area contributed by atoms with Gasteiger partial charge in [0.25, 0.3) is 0 Å². The fourth-order valence-electron chi connectivity index (χ4n) is 2.23. The third-order valence-corrected chi connectivity index (χ3v) is 3.28. The van der Waals surface area contributed by atoms with Crippen LogP contribution in [0.15, 0.2) is 54.6 Å². The minimum Gasteiger partial charge on any atom is -0.392 e. The Balaban J connectivity index is 2.34. The van der Waals surface area contributed by atoms with Gasteiger partial charge in [-0.15, -0.1) is 0 Å². The lowest BCUT2D eigenvalue weighted by Gasteiger charge is -2.18. The second-order valence-corrected chi connectivity index (χ2v) is 4.84. The first-order valence-electron chi connectivity index (χ1n) is 7.17. The van der Waals surface area contributed by atoms with Crippen LogP contribution in [-0.4, -0.2) is 17.5 Å². The van der Waals surface area contributed by atoms with Gasteiger partial charge in [-0.2, -0.15) is 0 Å². The molecule has 2 aromatic carbocycles. The van der Waals surface area contributed by atoms with Crippen LogP contribution >= 0.6 is 0 Å². The maximum absolute atomic E-state index is 12.8. The number of benzene rings is 2. The molecule has 1 N–H and O–H groups in total. The van der Waals surface area contributed by atoms with E-state index < -0.39 is 6.10 Å². The van der Waals surface area contributed by atoms with Crippen LogP contribution in [0.5, 0.6) is 0 Å². The lowest BCUT2D eigenvalue weighted by atomic mass is 9.96. The summed E-state index contributed by atoms with van der Waals surface area (Å²) in [6.45, 7) is 2.37. The third kappa shape index (κ3) is 3.78. The molecule has 0 aromatic heterocycles. The lowest BCUT2D eigenvalue weighted by Crippen LogP contribution is -2.18. The van der Waals surface area contributed by atoms with E-state index in [4.69, 9.17) is 4.74 Å². The second-order valence-electron chi connectivity index (χ2n) is 4.84. The van der Waals surface area contributed by atoms with Gasteiger partial charge in [-0.05, 0) is 17.5 Å². The van der Waals surface area contributed by atoms with Gasteiger partial charge in [-0.3, -0.25) is 4.79 Å². The van der Waals surface area contributed by atoms with E-state index in [1.54, 1.807) is 18.2 Å². The highest BCUT2D eigenvalue weighted by Gasteiger charge is 2.24. The van der Waals surface area contributed by atoms with E-state index in [0.717, 1.165) is 12.0 Å². The molecule has 1 atom stereocenters. The fourth-order valence-corrected chi connectivity index (χ4v) is 2.23. The number of carbonyl (C=O) groups excluding carboxylic acids is 1. The van der Waals surface area contributed by atoms with Gasteiger partial charge in [0.15, 0.2) is 5.78 Å². The molecule has 0 radical (unpaired) electrons. The molecule has 0 bridgehead atoms. The number of hydrogen-bond acceptors (Lipinski definition) is 3. The van der Waals surface area contributed by atoms with E-state index in [-0.39, 0.29) is 12.4 Å². The summed E-state index contributed by atoms with van der Waals surface area (Å²) in [5.74, 6) is -0.112. The highest BCUT2D eigenvalue weighted by atomic mass is 16.5. The quantitative estimate of drug-likeness (QED) is 0.791. The number of carbonyl (C=O) groups is 1. The maximum Gasteiger partial charge on any atom is 0.196 e. The van der Waals surface area contributed by atoms with E-state index in [2.05, 4.69) is 0 Å². The van der Waals surface area contributed by atoms with Crippen LogP contribution in [-0.2, 0) is 11.3 Å². The normalized spacial score (nSPS) is 12.1. The predicted octanol–water partition coefficient (Wildman–Crippen LogP) is 3.53. The van der Waals surface area contributed by atoms with Crippen molar-refractivity contribution in [3.8, 4) is 0 Å². The zero-order valence-electron chi connectivity index (χ0n) is 12.2. The van der Waals surface area contributed by atoms with Crippen LogP contribution in [0.2, 0.25) is 0 Å². The summed E-state index contributed by atoms with van der Waals surface area (Å²) < 4.78 is 5.76. The van der Waals surface area contributed by atoms with E-state index in [1.165, 1.54) is 0 Å². The Morgan fingerprint density at radius 2 is 1.76 bits per heavy atom. The molecule has 110 valence electrons. The van der Waals surface area contributed by atoms with Crippen molar-refractivity contribution in [2.24, 2.45) is 0 Å². The molecule has 0 aliphatic heterocycles. The molecule has 0 spiro atoms. The van der Waals surface area contributed by atoms with Crippen molar-refractivity contribution in [3.63, 3.8) is 0 Å². The van der Waals surface area contributed by atoms with Crippen molar-refractivity contribution in [1.82, 2.24) is 0 Å². The average molecular weight is 284 g/mol. The molecular weight excluding hydrogens is 264 g/mol. The van der Waals surface area contributed by atoms with Crippen LogP contribution in [0.3, 0.4) is 0 Å². The van der Waals surface area contributed by atoms with E-state index in [9.17, 15) is 9.90 Å². The minimum absolute atomic E-state index is 0.112. The molecule has 0 saturated heterocycles. The number of ether oxygens (including phenoxy) is 1. The molecular formula is C18H20O3. The van der Waals surface area contributed by atoms with Crippen LogP contribution < -0.4 is 0 Å². The molecule has 3 nitrogen and oxygen atoms in total. The summed E-state index contributed by atoms with van der Waals surface area (Å²) in [7, 11) is 0. The van der Waals surface area contributed by atoms with E-state index in [0.29, 0.717) is 17.7 Å². The van der Waals surface area contributed by atoms with Crippen molar-refractivity contribution in [1.29, 1.82) is 0 Å². The number of hydrogen-bond donors (Lipinski definition) is 1. The maximum atomic E-state index is 12.8. The van der Waals surface area contributed by atoms with Gasteiger partial charge in [-0.25, -0.2) is 0 Å². The summed E-state index contributed by atoms with van der Waals surface area (Å²) in [6.07, 6.45) is 0.219. The van der Waals surface area contributed by atoms with Gasteiger partial charge >= 0.3 is 0 Å². The first-order chi connectivity index (χ1) is 10.3.